The fraction of sp³-hybridized carbons (Fsp3) is 0.706. The van der Waals surface area contributed by atoms with Crippen molar-refractivity contribution in [1.82, 2.24) is 24.6 Å². The molecule has 1 aliphatic carbocycles. The van der Waals surface area contributed by atoms with Crippen molar-refractivity contribution in [3.63, 3.8) is 0 Å². The van der Waals surface area contributed by atoms with Crippen LogP contribution in [0.25, 0.3) is 0 Å². The number of rotatable bonds is 4. The molecule has 7 nitrogen and oxygen atoms in total. The van der Waals surface area contributed by atoms with Crippen LogP contribution in [-0.4, -0.2) is 43.6 Å². The Balaban J connectivity index is 1.38. The number of aromatic nitrogens is 4. The summed E-state index contributed by atoms with van der Waals surface area (Å²) in [6, 6.07) is 0. The highest BCUT2D eigenvalue weighted by Crippen LogP contribution is 2.36. The van der Waals surface area contributed by atoms with Gasteiger partial charge in [-0.3, -0.25) is 4.79 Å². The van der Waals surface area contributed by atoms with Crippen molar-refractivity contribution >= 4 is 17.4 Å². The van der Waals surface area contributed by atoms with E-state index in [9.17, 15) is 4.79 Å². The average molecular weight is 361 g/mol. The molecule has 2 aromatic rings. The van der Waals surface area contributed by atoms with E-state index in [0.717, 1.165) is 30.3 Å². The first kappa shape index (κ1) is 16.6. The highest BCUT2D eigenvalue weighted by molar-refractivity contribution is 7.08. The minimum atomic E-state index is 0.0536. The molecule has 0 N–H and O–H groups in total. The molecule has 134 valence electrons. The van der Waals surface area contributed by atoms with Gasteiger partial charge in [0.2, 0.25) is 5.89 Å². The maximum atomic E-state index is 12.8. The SMILES string of the molecule is CC(C)c1nnsc1C(=O)N1CCC(c2nc(C3CCC3)no2)CC1. The van der Waals surface area contributed by atoms with Crippen LogP contribution in [-0.2, 0) is 0 Å². The van der Waals surface area contributed by atoms with Crippen LogP contribution in [0.15, 0.2) is 4.52 Å². The summed E-state index contributed by atoms with van der Waals surface area (Å²) in [6.07, 6.45) is 5.34. The number of likely N-dealkylation sites (tertiary alicyclic amines) is 1. The van der Waals surface area contributed by atoms with Gasteiger partial charge in [-0.15, -0.1) is 5.10 Å². The molecular weight excluding hydrogens is 338 g/mol. The second-order valence-corrected chi connectivity index (χ2v) is 8.08. The Labute approximate surface area is 151 Å². The molecule has 2 fully saturated rings. The molecule has 8 heteroatoms. The smallest absolute Gasteiger partial charge is 0.267 e. The van der Waals surface area contributed by atoms with Crippen LogP contribution in [0, 0.1) is 0 Å². The lowest BCUT2D eigenvalue weighted by atomic mass is 9.85. The molecule has 0 bridgehead atoms. The normalized spacial score (nSPS) is 19.4. The second kappa shape index (κ2) is 6.82. The van der Waals surface area contributed by atoms with Gasteiger partial charge in [-0.05, 0) is 43.1 Å². The Morgan fingerprint density at radius 3 is 2.60 bits per heavy atom. The first-order chi connectivity index (χ1) is 12.1. The number of nitrogens with zero attached hydrogens (tertiary/aromatic N) is 5. The van der Waals surface area contributed by atoms with Gasteiger partial charge in [0.1, 0.15) is 4.88 Å². The predicted octanol–water partition coefficient (Wildman–Crippen LogP) is 3.33. The van der Waals surface area contributed by atoms with Crippen LogP contribution in [0.5, 0.6) is 0 Å². The number of hydrogen-bond donors (Lipinski definition) is 0. The maximum absolute atomic E-state index is 12.8. The van der Waals surface area contributed by atoms with Crippen LogP contribution < -0.4 is 0 Å². The average Bonchev–Trinajstić information content (AvgIpc) is 3.22. The Morgan fingerprint density at radius 2 is 1.96 bits per heavy atom. The molecule has 0 unspecified atom stereocenters. The molecule has 1 saturated carbocycles. The number of hydrogen-bond acceptors (Lipinski definition) is 7. The van der Waals surface area contributed by atoms with Crippen molar-refractivity contribution in [2.75, 3.05) is 13.1 Å². The lowest BCUT2D eigenvalue weighted by molar-refractivity contribution is 0.0707. The van der Waals surface area contributed by atoms with E-state index in [-0.39, 0.29) is 17.7 Å². The molecule has 2 aromatic heterocycles. The van der Waals surface area contributed by atoms with Gasteiger partial charge >= 0.3 is 0 Å². The van der Waals surface area contributed by atoms with Crippen molar-refractivity contribution in [3.05, 3.63) is 22.3 Å². The summed E-state index contributed by atoms with van der Waals surface area (Å²) >= 11 is 1.20. The topological polar surface area (TPSA) is 85.0 Å². The molecule has 2 aliphatic rings. The quantitative estimate of drug-likeness (QED) is 0.830. The number of amides is 1. The molecular formula is C17H23N5O2S. The molecule has 0 aromatic carbocycles. The molecule has 3 heterocycles. The van der Waals surface area contributed by atoms with Gasteiger partial charge in [0.05, 0.1) is 5.69 Å². The van der Waals surface area contributed by atoms with E-state index in [1.165, 1.54) is 30.8 Å². The summed E-state index contributed by atoms with van der Waals surface area (Å²) in [6.45, 7) is 5.49. The predicted molar refractivity (Wildman–Crippen MR) is 92.8 cm³/mol. The zero-order valence-electron chi connectivity index (χ0n) is 14.6. The van der Waals surface area contributed by atoms with E-state index in [0.29, 0.717) is 23.9 Å². The van der Waals surface area contributed by atoms with Crippen molar-refractivity contribution in [2.24, 2.45) is 0 Å². The molecule has 1 saturated heterocycles. The van der Waals surface area contributed by atoms with Crippen molar-refractivity contribution in [2.45, 2.75) is 63.7 Å². The number of piperidine rings is 1. The van der Waals surface area contributed by atoms with E-state index in [4.69, 9.17) is 4.52 Å². The third-order valence-electron chi connectivity index (χ3n) is 5.31. The first-order valence-corrected chi connectivity index (χ1v) is 9.86. The first-order valence-electron chi connectivity index (χ1n) is 9.08. The Kier molecular flexibility index (Phi) is 4.54. The molecule has 0 radical (unpaired) electrons. The Morgan fingerprint density at radius 1 is 1.20 bits per heavy atom. The maximum Gasteiger partial charge on any atom is 0.267 e. The van der Waals surface area contributed by atoms with E-state index in [2.05, 4.69) is 19.7 Å². The van der Waals surface area contributed by atoms with Crippen LogP contribution in [0.2, 0.25) is 0 Å². The lowest BCUT2D eigenvalue weighted by Gasteiger charge is -2.30. The van der Waals surface area contributed by atoms with Crippen LogP contribution in [0.1, 0.15) is 90.8 Å². The molecule has 1 aliphatic heterocycles. The van der Waals surface area contributed by atoms with Gasteiger partial charge in [0.25, 0.3) is 5.91 Å². The van der Waals surface area contributed by atoms with E-state index in [1.54, 1.807) is 0 Å². The second-order valence-electron chi connectivity index (χ2n) is 7.33. The number of carbonyl (C=O) groups is 1. The largest absolute Gasteiger partial charge is 0.339 e. The highest BCUT2D eigenvalue weighted by Gasteiger charge is 2.32. The standard InChI is InChI=1S/C17H23N5O2S/c1-10(2)13-14(25-21-19-13)17(23)22-8-6-12(7-9-22)16-18-15(20-24-16)11-4-3-5-11/h10-12H,3-9H2,1-2H3. The molecule has 4 rings (SSSR count). The minimum Gasteiger partial charge on any atom is -0.339 e. The fourth-order valence-electron chi connectivity index (χ4n) is 3.44. The zero-order chi connectivity index (χ0) is 17.4. The zero-order valence-corrected chi connectivity index (χ0v) is 15.5. The minimum absolute atomic E-state index is 0.0536. The fourth-order valence-corrected chi connectivity index (χ4v) is 4.23. The van der Waals surface area contributed by atoms with Gasteiger partial charge in [0.15, 0.2) is 5.82 Å². The lowest BCUT2D eigenvalue weighted by Crippen LogP contribution is -2.38. The summed E-state index contributed by atoms with van der Waals surface area (Å²) in [5.74, 6) is 2.63. The van der Waals surface area contributed by atoms with Gasteiger partial charge in [-0.1, -0.05) is 29.9 Å². The third kappa shape index (κ3) is 3.19. The van der Waals surface area contributed by atoms with Gasteiger partial charge in [0, 0.05) is 24.9 Å². The van der Waals surface area contributed by atoms with Crippen molar-refractivity contribution in [1.29, 1.82) is 0 Å². The van der Waals surface area contributed by atoms with Gasteiger partial charge in [-0.2, -0.15) is 4.98 Å². The monoisotopic (exact) mass is 361 g/mol. The summed E-state index contributed by atoms with van der Waals surface area (Å²) in [5, 5.41) is 8.27. The van der Waals surface area contributed by atoms with E-state index < -0.39 is 0 Å². The summed E-state index contributed by atoms with van der Waals surface area (Å²) in [7, 11) is 0. The van der Waals surface area contributed by atoms with E-state index >= 15 is 0 Å². The third-order valence-corrected chi connectivity index (χ3v) is 6.04. The Hall–Kier alpha value is -1.83. The van der Waals surface area contributed by atoms with E-state index in [1.807, 2.05) is 18.7 Å². The summed E-state index contributed by atoms with van der Waals surface area (Å²) in [4.78, 5) is 20.0. The van der Waals surface area contributed by atoms with Crippen molar-refractivity contribution < 1.29 is 9.32 Å². The molecule has 25 heavy (non-hydrogen) atoms. The highest BCUT2D eigenvalue weighted by atomic mass is 32.1. The molecule has 0 spiro atoms. The van der Waals surface area contributed by atoms with Gasteiger partial charge < -0.3 is 9.42 Å². The Bertz CT molecular complexity index is 744. The summed E-state index contributed by atoms with van der Waals surface area (Å²) in [5.41, 5.74) is 0.805. The molecule has 0 atom stereocenters. The number of carbonyl (C=O) groups excluding carboxylic acids is 1. The van der Waals surface area contributed by atoms with Gasteiger partial charge in [-0.25, -0.2) is 0 Å². The van der Waals surface area contributed by atoms with Crippen LogP contribution >= 0.6 is 11.5 Å². The van der Waals surface area contributed by atoms with Crippen LogP contribution in [0.3, 0.4) is 0 Å². The van der Waals surface area contributed by atoms with Crippen molar-refractivity contribution in [3.8, 4) is 0 Å². The summed E-state index contributed by atoms with van der Waals surface area (Å²) < 4.78 is 9.46. The molecule has 1 amide bonds. The van der Waals surface area contributed by atoms with Crippen LogP contribution in [0.4, 0.5) is 0 Å².